The standard InChI is InChI=1S/C35H29FGeN/c1-22-16-17-27-28-18-19-30(36)33(29-21-23-11-5-6-12-24(23)25-13-7-8-14-26(25)29)35(28)37(2,3)34(27)32(22)31-15-9-10-20-38(31)4/h5-21H,1-4H3/q+1. The number of pyridine rings is 1. The molecule has 0 bridgehead atoms. The molecule has 1 aliphatic heterocycles. The molecule has 0 spiro atoms. The molecule has 0 saturated heterocycles. The quantitative estimate of drug-likeness (QED) is 0.119. The number of aromatic nitrogens is 1. The van der Waals surface area contributed by atoms with Gasteiger partial charge in [-0.2, -0.15) is 0 Å². The number of halogens is 1. The summed E-state index contributed by atoms with van der Waals surface area (Å²) < 4.78 is 21.1. The molecule has 0 saturated carbocycles. The van der Waals surface area contributed by atoms with Crippen molar-refractivity contribution in [3.63, 3.8) is 0 Å². The number of fused-ring (bicyclic) bond motifs is 6. The van der Waals surface area contributed by atoms with Crippen LogP contribution in [0.25, 0.3) is 55.1 Å². The van der Waals surface area contributed by atoms with Gasteiger partial charge in [0.1, 0.15) is 0 Å². The van der Waals surface area contributed by atoms with E-state index in [0.29, 0.717) is 0 Å². The van der Waals surface area contributed by atoms with Crippen molar-refractivity contribution in [2.24, 2.45) is 7.05 Å². The van der Waals surface area contributed by atoms with Crippen LogP contribution in [-0.4, -0.2) is 13.3 Å². The van der Waals surface area contributed by atoms with Crippen molar-refractivity contribution in [2.45, 2.75) is 18.4 Å². The maximum absolute atomic E-state index is 16.2. The molecule has 3 heteroatoms. The fourth-order valence-corrected chi connectivity index (χ4v) is 14.9. The van der Waals surface area contributed by atoms with E-state index < -0.39 is 13.3 Å². The van der Waals surface area contributed by atoms with Gasteiger partial charge < -0.3 is 0 Å². The van der Waals surface area contributed by atoms with E-state index in [1.807, 2.05) is 6.07 Å². The van der Waals surface area contributed by atoms with Gasteiger partial charge in [0.25, 0.3) is 0 Å². The van der Waals surface area contributed by atoms with Crippen molar-refractivity contribution in [1.29, 1.82) is 0 Å². The summed E-state index contributed by atoms with van der Waals surface area (Å²) in [6.07, 6.45) is 2.11. The molecular formula is C35H29FGeN+. The van der Waals surface area contributed by atoms with Crippen molar-refractivity contribution in [1.82, 2.24) is 0 Å². The molecule has 0 radical (unpaired) electrons. The summed E-state index contributed by atoms with van der Waals surface area (Å²) in [5.74, 6) is 4.77. The van der Waals surface area contributed by atoms with E-state index in [2.05, 4.69) is 121 Å². The fourth-order valence-electron chi connectivity index (χ4n) is 6.79. The van der Waals surface area contributed by atoms with E-state index in [1.165, 1.54) is 47.5 Å². The van der Waals surface area contributed by atoms with Crippen LogP contribution in [0.2, 0.25) is 11.5 Å². The summed E-state index contributed by atoms with van der Waals surface area (Å²) in [5.41, 5.74) is 8.10. The number of aryl methyl sites for hydroxylation is 2. The first kappa shape index (κ1) is 23.4. The Morgan fingerprint density at radius 1 is 0.632 bits per heavy atom. The minimum atomic E-state index is -3.00. The molecule has 38 heavy (non-hydrogen) atoms. The molecule has 184 valence electrons. The zero-order valence-corrected chi connectivity index (χ0v) is 24.2. The van der Waals surface area contributed by atoms with Gasteiger partial charge in [0, 0.05) is 0 Å². The Labute approximate surface area is 225 Å². The third kappa shape index (κ3) is 3.20. The Bertz CT molecular complexity index is 1940. The van der Waals surface area contributed by atoms with Gasteiger partial charge in [0.05, 0.1) is 0 Å². The SMILES string of the molecule is Cc1ccc2[c](c1-c1cccc[n+]1C)[Ge]([CH3])([CH3])[c]1c-2ccc(F)c1-c1cc2ccccc2c2ccccc12. The minimum absolute atomic E-state index is 0.126. The van der Waals surface area contributed by atoms with Crippen molar-refractivity contribution < 1.29 is 8.96 Å². The van der Waals surface area contributed by atoms with E-state index in [9.17, 15) is 0 Å². The van der Waals surface area contributed by atoms with Gasteiger partial charge >= 0.3 is 226 Å². The molecule has 6 aromatic rings. The second-order valence-corrected chi connectivity index (χ2v) is 20.0. The van der Waals surface area contributed by atoms with Crippen molar-refractivity contribution in [3.8, 4) is 33.5 Å². The Kier molecular flexibility index (Phi) is 5.15. The Hall–Kier alpha value is -3.76. The van der Waals surface area contributed by atoms with E-state index in [0.717, 1.165) is 21.9 Å². The first-order valence-electron chi connectivity index (χ1n) is 13.2. The Morgan fingerprint density at radius 3 is 2.03 bits per heavy atom. The van der Waals surface area contributed by atoms with Crippen molar-refractivity contribution >= 4 is 43.6 Å². The number of rotatable bonds is 2. The number of hydrogen-bond donors (Lipinski definition) is 0. The zero-order chi connectivity index (χ0) is 26.2. The average Bonchev–Trinajstić information content (AvgIpc) is 3.15. The van der Waals surface area contributed by atoms with Crippen LogP contribution in [0.5, 0.6) is 0 Å². The van der Waals surface area contributed by atoms with Crippen LogP contribution in [-0.2, 0) is 7.05 Å². The number of hydrogen-bond acceptors (Lipinski definition) is 0. The van der Waals surface area contributed by atoms with Crippen LogP contribution in [0.15, 0.2) is 103 Å². The summed E-state index contributed by atoms with van der Waals surface area (Å²) in [6.45, 7) is 2.21. The molecule has 0 N–H and O–H groups in total. The first-order valence-corrected chi connectivity index (χ1v) is 19.5. The van der Waals surface area contributed by atoms with Gasteiger partial charge in [-0.1, -0.05) is 0 Å². The molecule has 5 aromatic carbocycles. The molecule has 0 fully saturated rings. The number of nitrogens with zero attached hydrogens (tertiary/aromatic N) is 1. The normalized spacial score (nSPS) is 13.6. The third-order valence-corrected chi connectivity index (χ3v) is 15.9. The summed E-state index contributed by atoms with van der Waals surface area (Å²) >= 11 is -3.00. The summed E-state index contributed by atoms with van der Waals surface area (Å²) in [5, 5.41) is 4.63. The molecule has 7 rings (SSSR count). The van der Waals surface area contributed by atoms with Gasteiger partial charge in [0.15, 0.2) is 0 Å². The predicted molar refractivity (Wildman–Crippen MR) is 160 cm³/mol. The van der Waals surface area contributed by atoms with Crippen LogP contribution in [0.4, 0.5) is 4.39 Å². The summed E-state index contributed by atoms with van der Waals surface area (Å²) in [6, 6.07) is 33.8. The molecule has 1 nitrogen and oxygen atoms in total. The monoisotopic (exact) mass is 556 g/mol. The zero-order valence-electron chi connectivity index (χ0n) is 22.1. The van der Waals surface area contributed by atoms with Crippen LogP contribution in [0.3, 0.4) is 0 Å². The molecule has 0 atom stereocenters. The topological polar surface area (TPSA) is 3.88 Å². The molecule has 0 amide bonds. The third-order valence-electron chi connectivity index (χ3n) is 8.46. The Morgan fingerprint density at radius 2 is 1.26 bits per heavy atom. The molecule has 0 aliphatic carbocycles. The molecule has 2 heterocycles. The second-order valence-electron chi connectivity index (χ2n) is 11.0. The molecule has 0 unspecified atom stereocenters. The second kappa shape index (κ2) is 8.37. The van der Waals surface area contributed by atoms with E-state index in [-0.39, 0.29) is 5.82 Å². The fraction of sp³-hybridized carbons (Fsp3) is 0.114. The van der Waals surface area contributed by atoms with Gasteiger partial charge in [-0.05, 0) is 0 Å². The molecular weight excluding hydrogens is 526 g/mol. The Balaban J connectivity index is 1.59. The summed E-state index contributed by atoms with van der Waals surface area (Å²) in [4.78, 5) is 0. The number of benzene rings is 5. The summed E-state index contributed by atoms with van der Waals surface area (Å²) in [7, 11) is 2.11. The average molecular weight is 555 g/mol. The van der Waals surface area contributed by atoms with Crippen molar-refractivity contribution in [2.75, 3.05) is 0 Å². The van der Waals surface area contributed by atoms with Crippen molar-refractivity contribution in [3.05, 3.63) is 115 Å². The van der Waals surface area contributed by atoms with Crippen LogP contribution in [0.1, 0.15) is 5.56 Å². The van der Waals surface area contributed by atoms with Gasteiger partial charge in [0.2, 0.25) is 0 Å². The van der Waals surface area contributed by atoms with Crippen LogP contribution >= 0.6 is 0 Å². The van der Waals surface area contributed by atoms with Gasteiger partial charge in [-0.25, -0.2) is 0 Å². The van der Waals surface area contributed by atoms with E-state index >= 15 is 4.39 Å². The van der Waals surface area contributed by atoms with E-state index in [1.54, 1.807) is 6.07 Å². The van der Waals surface area contributed by atoms with E-state index in [4.69, 9.17) is 0 Å². The maximum atomic E-state index is 16.2. The first-order chi connectivity index (χ1) is 18.4. The predicted octanol–water partition coefficient (Wildman–Crippen LogP) is 7.40. The van der Waals surface area contributed by atoms with Crippen LogP contribution in [0, 0.1) is 12.7 Å². The van der Waals surface area contributed by atoms with Gasteiger partial charge in [-0.3, -0.25) is 0 Å². The van der Waals surface area contributed by atoms with Gasteiger partial charge in [-0.15, -0.1) is 0 Å². The van der Waals surface area contributed by atoms with Crippen LogP contribution < -0.4 is 13.4 Å². The molecule has 1 aromatic heterocycles. The molecule has 1 aliphatic rings.